The molecule has 0 radical (unpaired) electrons. The molecular weight excluding hydrogens is 536 g/mol. The SMILES string of the molecule is CCOC(=O)Cc1ccc(C)cc1OCc1cc(-c2ccnc(CC[S@@](=O)C(C)(C)C)c2F)c2occc2c1F. The predicted molar refractivity (Wildman–Crippen MR) is 152 cm³/mol. The first-order valence-electron chi connectivity index (χ1n) is 13.1. The minimum Gasteiger partial charge on any atom is -0.488 e. The lowest BCUT2D eigenvalue weighted by molar-refractivity contribution is -0.142. The number of hydrogen-bond acceptors (Lipinski definition) is 6. The van der Waals surface area contributed by atoms with Crippen LogP contribution in [0.3, 0.4) is 0 Å². The van der Waals surface area contributed by atoms with Crippen LogP contribution in [0, 0.1) is 18.6 Å². The van der Waals surface area contributed by atoms with E-state index in [1.54, 1.807) is 19.1 Å². The maximum absolute atomic E-state index is 15.7. The molecule has 0 spiro atoms. The summed E-state index contributed by atoms with van der Waals surface area (Å²) >= 11 is 0. The van der Waals surface area contributed by atoms with Crippen LogP contribution in [-0.4, -0.2) is 32.3 Å². The molecule has 0 aliphatic carbocycles. The minimum atomic E-state index is -1.17. The summed E-state index contributed by atoms with van der Waals surface area (Å²) in [6.45, 7) is 9.34. The van der Waals surface area contributed by atoms with Gasteiger partial charge in [0.1, 0.15) is 23.8 Å². The molecule has 0 saturated heterocycles. The topological polar surface area (TPSA) is 78.6 Å². The molecule has 4 aromatic rings. The fourth-order valence-electron chi connectivity index (χ4n) is 4.30. The third kappa shape index (κ3) is 6.58. The van der Waals surface area contributed by atoms with E-state index < -0.39 is 27.2 Å². The number of benzene rings is 2. The van der Waals surface area contributed by atoms with E-state index in [1.807, 2.05) is 33.8 Å². The van der Waals surface area contributed by atoms with Crippen LogP contribution in [0.15, 0.2) is 53.3 Å². The zero-order valence-electron chi connectivity index (χ0n) is 23.3. The van der Waals surface area contributed by atoms with Gasteiger partial charge in [0.2, 0.25) is 0 Å². The number of carbonyl (C=O) groups is 1. The van der Waals surface area contributed by atoms with Crippen molar-refractivity contribution in [3.8, 4) is 16.9 Å². The van der Waals surface area contributed by atoms with Crippen LogP contribution in [0.25, 0.3) is 22.1 Å². The highest BCUT2D eigenvalue weighted by Crippen LogP contribution is 2.36. The maximum Gasteiger partial charge on any atom is 0.310 e. The molecule has 0 N–H and O–H groups in total. The third-order valence-electron chi connectivity index (χ3n) is 6.45. The molecule has 0 fully saturated rings. The summed E-state index contributed by atoms with van der Waals surface area (Å²) in [5, 5.41) is 0.193. The number of aryl methyl sites for hydroxylation is 2. The van der Waals surface area contributed by atoms with Gasteiger partial charge < -0.3 is 13.9 Å². The first-order chi connectivity index (χ1) is 19.0. The fraction of sp³-hybridized carbons (Fsp3) is 0.355. The second kappa shape index (κ2) is 12.3. The molecule has 0 aliphatic rings. The molecule has 0 amide bonds. The fourth-order valence-corrected chi connectivity index (χ4v) is 5.29. The number of hydrogen-bond donors (Lipinski definition) is 0. The number of nitrogens with zero attached hydrogens (tertiary/aromatic N) is 1. The van der Waals surface area contributed by atoms with Gasteiger partial charge in [-0.1, -0.05) is 12.1 Å². The Kier molecular flexibility index (Phi) is 9.03. The molecule has 0 bridgehead atoms. The molecule has 0 unspecified atom stereocenters. The average Bonchev–Trinajstić information content (AvgIpc) is 3.39. The Bertz CT molecular complexity index is 1560. The Morgan fingerprint density at radius 2 is 1.82 bits per heavy atom. The summed E-state index contributed by atoms with van der Waals surface area (Å²) < 4.78 is 60.0. The zero-order chi connectivity index (χ0) is 29.0. The van der Waals surface area contributed by atoms with Gasteiger partial charge in [0, 0.05) is 56.2 Å². The summed E-state index contributed by atoms with van der Waals surface area (Å²) in [5.41, 5.74) is 2.66. The van der Waals surface area contributed by atoms with Crippen molar-refractivity contribution in [1.82, 2.24) is 4.98 Å². The van der Waals surface area contributed by atoms with Crippen LogP contribution >= 0.6 is 0 Å². The second-order valence-corrected chi connectivity index (χ2v) is 12.8. The predicted octanol–water partition coefficient (Wildman–Crippen LogP) is 6.86. The van der Waals surface area contributed by atoms with Crippen molar-refractivity contribution in [3.05, 3.63) is 82.9 Å². The lowest BCUT2D eigenvalue weighted by Crippen LogP contribution is -2.25. The molecule has 212 valence electrons. The average molecular weight is 570 g/mol. The molecule has 0 aliphatic heterocycles. The van der Waals surface area contributed by atoms with Gasteiger partial charge in [0.15, 0.2) is 5.82 Å². The van der Waals surface area contributed by atoms with Gasteiger partial charge in [0.05, 0.1) is 30.4 Å². The number of halogens is 2. The summed E-state index contributed by atoms with van der Waals surface area (Å²) in [5.74, 6) is -0.798. The lowest BCUT2D eigenvalue weighted by atomic mass is 9.99. The number of esters is 1. The van der Waals surface area contributed by atoms with Crippen LogP contribution in [0.1, 0.15) is 50.1 Å². The maximum atomic E-state index is 15.7. The standard InChI is InChI=1S/C31H33F2NO5S/c1-6-37-27(35)17-20-8-7-19(2)15-26(20)39-18-21-16-24(30-23(28(21)32)10-13-38-30)22-9-12-34-25(29(22)33)11-14-40(36)31(3,4)5/h7-10,12-13,15-16H,6,11,14,17-18H2,1-5H3/t40-/m1/s1. The molecule has 40 heavy (non-hydrogen) atoms. The Morgan fingerprint density at radius 3 is 2.55 bits per heavy atom. The molecule has 2 aromatic heterocycles. The molecule has 0 saturated carbocycles. The van der Waals surface area contributed by atoms with Crippen LogP contribution in [-0.2, 0) is 39.8 Å². The van der Waals surface area contributed by atoms with E-state index >= 15 is 8.78 Å². The zero-order valence-corrected chi connectivity index (χ0v) is 24.1. The largest absolute Gasteiger partial charge is 0.488 e. The van der Waals surface area contributed by atoms with Crippen LogP contribution in [0.4, 0.5) is 8.78 Å². The van der Waals surface area contributed by atoms with E-state index in [-0.39, 0.29) is 65.6 Å². The second-order valence-electron chi connectivity index (χ2n) is 10.5. The number of pyridine rings is 1. The van der Waals surface area contributed by atoms with E-state index in [2.05, 4.69) is 4.98 Å². The summed E-state index contributed by atoms with van der Waals surface area (Å²) in [6, 6.07) is 9.93. The quantitative estimate of drug-likeness (QED) is 0.194. The number of aromatic nitrogens is 1. The van der Waals surface area contributed by atoms with Crippen molar-refractivity contribution in [2.24, 2.45) is 0 Å². The van der Waals surface area contributed by atoms with Crippen molar-refractivity contribution in [2.45, 2.75) is 58.8 Å². The smallest absolute Gasteiger partial charge is 0.310 e. The number of carbonyl (C=O) groups excluding carboxylic acids is 1. The molecule has 9 heteroatoms. The normalized spacial score (nSPS) is 12.5. The van der Waals surface area contributed by atoms with Gasteiger partial charge in [0.25, 0.3) is 0 Å². The van der Waals surface area contributed by atoms with Crippen molar-refractivity contribution >= 4 is 27.7 Å². The molecular formula is C31H33F2NO5S. The van der Waals surface area contributed by atoms with Crippen LogP contribution in [0.2, 0.25) is 0 Å². The van der Waals surface area contributed by atoms with Crippen LogP contribution in [0.5, 0.6) is 5.75 Å². The summed E-state index contributed by atoms with van der Waals surface area (Å²) in [6.07, 6.45) is 3.05. The van der Waals surface area contributed by atoms with Crippen molar-refractivity contribution < 1.29 is 31.7 Å². The molecule has 6 nitrogen and oxygen atoms in total. The third-order valence-corrected chi connectivity index (χ3v) is 8.39. The van der Waals surface area contributed by atoms with Gasteiger partial charge in [-0.3, -0.25) is 14.0 Å². The van der Waals surface area contributed by atoms with Crippen molar-refractivity contribution in [2.75, 3.05) is 12.4 Å². The van der Waals surface area contributed by atoms with Crippen molar-refractivity contribution in [3.63, 3.8) is 0 Å². The van der Waals surface area contributed by atoms with E-state index in [4.69, 9.17) is 13.9 Å². The van der Waals surface area contributed by atoms with E-state index in [1.165, 1.54) is 30.7 Å². The van der Waals surface area contributed by atoms with Gasteiger partial charge >= 0.3 is 5.97 Å². The highest BCUT2D eigenvalue weighted by Gasteiger charge is 2.23. The van der Waals surface area contributed by atoms with Crippen LogP contribution < -0.4 is 4.74 Å². The molecule has 1 atom stereocenters. The molecule has 2 heterocycles. The highest BCUT2D eigenvalue weighted by atomic mass is 32.2. The number of ether oxygens (including phenoxy) is 2. The summed E-state index contributed by atoms with van der Waals surface area (Å²) in [7, 11) is -1.17. The van der Waals surface area contributed by atoms with Crippen molar-refractivity contribution in [1.29, 1.82) is 0 Å². The van der Waals surface area contributed by atoms with E-state index in [0.29, 0.717) is 16.9 Å². The number of fused-ring (bicyclic) bond motifs is 1. The highest BCUT2D eigenvalue weighted by molar-refractivity contribution is 7.86. The molecule has 4 rings (SSSR count). The first kappa shape index (κ1) is 29.4. The number of rotatable bonds is 10. The number of furan rings is 1. The Morgan fingerprint density at radius 1 is 1.05 bits per heavy atom. The minimum absolute atomic E-state index is 0.0168. The Labute approximate surface area is 235 Å². The van der Waals surface area contributed by atoms with E-state index in [0.717, 1.165) is 5.56 Å². The van der Waals surface area contributed by atoms with Gasteiger partial charge in [-0.15, -0.1) is 0 Å². The van der Waals surface area contributed by atoms with Gasteiger partial charge in [-0.2, -0.15) is 0 Å². The Balaban J connectivity index is 1.67. The van der Waals surface area contributed by atoms with Gasteiger partial charge in [-0.25, -0.2) is 8.78 Å². The monoisotopic (exact) mass is 569 g/mol. The first-order valence-corrected chi connectivity index (χ1v) is 14.4. The molecule has 2 aromatic carbocycles. The van der Waals surface area contributed by atoms with E-state index in [9.17, 15) is 9.00 Å². The lowest BCUT2D eigenvalue weighted by Gasteiger charge is -2.17. The van der Waals surface area contributed by atoms with Gasteiger partial charge in [-0.05, 0) is 64.4 Å². The summed E-state index contributed by atoms with van der Waals surface area (Å²) in [4.78, 5) is 16.3. The Hall–Kier alpha value is -3.59.